The molecule has 0 unspecified atom stereocenters. The van der Waals surface area contributed by atoms with E-state index in [1.54, 1.807) is 0 Å². The molecule has 0 aliphatic carbocycles. The van der Waals surface area contributed by atoms with Crippen LogP contribution < -0.4 is 10.2 Å². The molecular weight excluding hydrogens is 248 g/mol. The first-order valence-corrected chi connectivity index (χ1v) is 6.97. The van der Waals surface area contributed by atoms with E-state index < -0.39 is 0 Å². The molecule has 1 aromatic carbocycles. The van der Waals surface area contributed by atoms with Gasteiger partial charge in [-0.25, -0.2) is 4.98 Å². The van der Waals surface area contributed by atoms with E-state index in [-0.39, 0.29) is 0 Å². The van der Waals surface area contributed by atoms with Gasteiger partial charge in [0.2, 0.25) is 0 Å². The zero-order valence-corrected chi connectivity index (χ0v) is 12.4. The van der Waals surface area contributed by atoms with E-state index in [0.717, 1.165) is 24.6 Å². The SMILES string of the molecule is CNCc1cnc(N(Cc2ccccc2)C(C)C)cn1. The van der Waals surface area contributed by atoms with Crippen molar-refractivity contribution < 1.29 is 0 Å². The number of benzene rings is 1. The van der Waals surface area contributed by atoms with Gasteiger partial charge >= 0.3 is 0 Å². The summed E-state index contributed by atoms with van der Waals surface area (Å²) in [5.74, 6) is 0.920. The lowest BCUT2D eigenvalue weighted by Crippen LogP contribution is -2.31. The fourth-order valence-corrected chi connectivity index (χ4v) is 2.08. The van der Waals surface area contributed by atoms with Crippen molar-refractivity contribution in [3.05, 3.63) is 54.0 Å². The van der Waals surface area contributed by atoms with Gasteiger partial charge in [-0.2, -0.15) is 0 Å². The maximum Gasteiger partial charge on any atom is 0.147 e. The molecule has 20 heavy (non-hydrogen) atoms. The molecule has 1 heterocycles. The highest BCUT2D eigenvalue weighted by Gasteiger charge is 2.12. The second kappa shape index (κ2) is 7.01. The number of aromatic nitrogens is 2. The number of nitrogens with one attached hydrogen (secondary N) is 1. The zero-order chi connectivity index (χ0) is 14.4. The van der Waals surface area contributed by atoms with Crippen LogP contribution in [0.25, 0.3) is 0 Å². The van der Waals surface area contributed by atoms with Crippen LogP contribution in [0.2, 0.25) is 0 Å². The van der Waals surface area contributed by atoms with E-state index in [2.05, 4.69) is 58.3 Å². The highest BCUT2D eigenvalue weighted by Crippen LogP contribution is 2.16. The average Bonchev–Trinajstić information content (AvgIpc) is 2.47. The summed E-state index contributed by atoms with van der Waals surface area (Å²) in [5, 5.41) is 3.08. The maximum atomic E-state index is 4.54. The molecular formula is C16H22N4. The van der Waals surface area contributed by atoms with Crippen LogP contribution in [0, 0.1) is 0 Å². The summed E-state index contributed by atoms with van der Waals surface area (Å²) < 4.78 is 0. The molecule has 0 atom stereocenters. The molecule has 106 valence electrons. The Morgan fingerprint density at radius 1 is 1.10 bits per heavy atom. The molecule has 0 bridgehead atoms. The molecule has 4 heteroatoms. The first-order valence-electron chi connectivity index (χ1n) is 6.97. The van der Waals surface area contributed by atoms with Gasteiger partial charge in [-0.1, -0.05) is 30.3 Å². The van der Waals surface area contributed by atoms with Crippen molar-refractivity contribution in [3.63, 3.8) is 0 Å². The molecule has 1 N–H and O–H groups in total. The summed E-state index contributed by atoms with van der Waals surface area (Å²) in [5.41, 5.74) is 2.24. The van der Waals surface area contributed by atoms with Gasteiger partial charge in [-0.3, -0.25) is 4.98 Å². The predicted molar refractivity (Wildman–Crippen MR) is 82.6 cm³/mol. The van der Waals surface area contributed by atoms with Crippen molar-refractivity contribution in [1.29, 1.82) is 0 Å². The highest BCUT2D eigenvalue weighted by molar-refractivity contribution is 5.38. The predicted octanol–water partition coefficient (Wildman–Crippen LogP) is 2.61. The van der Waals surface area contributed by atoms with Gasteiger partial charge in [-0.05, 0) is 26.5 Å². The lowest BCUT2D eigenvalue weighted by molar-refractivity contribution is 0.668. The van der Waals surface area contributed by atoms with Crippen LogP contribution in [0.3, 0.4) is 0 Å². The molecule has 0 aliphatic heterocycles. The van der Waals surface area contributed by atoms with Crippen molar-refractivity contribution in [2.45, 2.75) is 33.0 Å². The third-order valence-corrected chi connectivity index (χ3v) is 3.16. The Hall–Kier alpha value is -1.94. The van der Waals surface area contributed by atoms with Gasteiger partial charge in [0.1, 0.15) is 5.82 Å². The Morgan fingerprint density at radius 3 is 2.40 bits per heavy atom. The Bertz CT molecular complexity index is 508. The Morgan fingerprint density at radius 2 is 1.85 bits per heavy atom. The van der Waals surface area contributed by atoms with Crippen molar-refractivity contribution in [3.8, 4) is 0 Å². The van der Waals surface area contributed by atoms with E-state index in [4.69, 9.17) is 0 Å². The van der Waals surface area contributed by atoms with Crippen molar-refractivity contribution in [2.75, 3.05) is 11.9 Å². The fraction of sp³-hybridized carbons (Fsp3) is 0.375. The molecule has 0 amide bonds. The molecule has 0 aliphatic rings. The molecule has 2 rings (SSSR count). The van der Waals surface area contributed by atoms with Crippen molar-refractivity contribution >= 4 is 5.82 Å². The van der Waals surface area contributed by atoms with Gasteiger partial charge in [0.15, 0.2) is 0 Å². The minimum absolute atomic E-state index is 0.375. The Balaban J connectivity index is 2.16. The van der Waals surface area contributed by atoms with Crippen LogP contribution in [-0.4, -0.2) is 23.1 Å². The van der Waals surface area contributed by atoms with Crippen molar-refractivity contribution in [2.24, 2.45) is 0 Å². The van der Waals surface area contributed by atoms with Crippen LogP contribution in [0.5, 0.6) is 0 Å². The Labute approximate surface area is 120 Å². The topological polar surface area (TPSA) is 41.1 Å². The van der Waals surface area contributed by atoms with Crippen molar-refractivity contribution in [1.82, 2.24) is 15.3 Å². The quantitative estimate of drug-likeness (QED) is 0.876. The fourth-order valence-electron chi connectivity index (χ4n) is 2.08. The van der Waals surface area contributed by atoms with Crippen LogP contribution in [-0.2, 0) is 13.1 Å². The first kappa shape index (κ1) is 14.5. The van der Waals surface area contributed by atoms with Gasteiger partial charge in [-0.15, -0.1) is 0 Å². The molecule has 0 saturated heterocycles. The monoisotopic (exact) mass is 270 g/mol. The third kappa shape index (κ3) is 3.78. The van der Waals surface area contributed by atoms with E-state index >= 15 is 0 Å². The second-order valence-corrected chi connectivity index (χ2v) is 5.10. The second-order valence-electron chi connectivity index (χ2n) is 5.10. The third-order valence-electron chi connectivity index (χ3n) is 3.16. The van der Waals surface area contributed by atoms with Gasteiger partial charge in [0, 0.05) is 19.1 Å². The smallest absolute Gasteiger partial charge is 0.147 e. The summed E-state index contributed by atoms with van der Waals surface area (Å²) >= 11 is 0. The number of hydrogen-bond donors (Lipinski definition) is 1. The number of rotatable bonds is 6. The summed E-state index contributed by atoms with van der Waals surface area (Å²) in [4.78, 5) is 11.2. The molecule has 4 nitrogen and oxygen atoms in total. The molecule has 1 aromatic heterocycles. The van der Waals surface area contributed by atoms with Crippen LogP contribution in [0.15, 0.2) is 42.7 Å². The standard InChI is InChI=1S/C16H22N4/c1-13(2)20(12-14-7-5-4-6-8-14)16-11-18-15(9-17-3)10-19-16/h4-8,10-11,13,17H,9,12H2,1-3H3. The number of anilines is 1. The largest absolute Gasteiger partial charge is 0.349 e. The summed E-state index contributed by atoms with van der Waals surface area (Å²) in [6.45, 7) is 5.93. The molecule has 0 saturated carbocycles. The summed E-state index contributed by atoms with van der Waals surface area (Å²) in [6.07, 6.45) is 3.70. The van der Waals surface area contributed by atoms with Gasteiger partial charge in [0.25, 0.3) is 0 Å². The van der Waals surface area contributed by atoms with E-state index in [0.29, 0.717) is 6.04 Å². The summed E-state index contributed by atoms with van der Waals surface area (Å²) in [6, 6.07) is 10.8. The van der Waals surface area contributed by atoms with E-state index in [9.17, 15) is 0 Å². The normalized spacial score (nSPS) is 10.8. The average molecular weight is 270 g/mol. The van der Waals surface area contributed by atoms with Crippen LogP contribution in [0.1, 0.15) is 25.1 Å². The first-order chi connectivity index (χ1) is 9.70. The molecule has 0 spiro atoms. The lowest BCUT2D eigenvalue weighted by atomic mass is 10.2. The highest BCUT2D eigenvalue weighted by atomic mass is 15.2. The van der Waals surface area contributed by atoms with E-state index in [1.807, 2.05) is 25.5 Å². The molecule has 0 fully saturated rings. The minimum Gasteiger partial charge on any atom is -0.349 e. The number of nitrogens with zero attached hydrogens (tertiary/aromatic N) is 3. The molecule has 0 radical (unpaired) electrons. The molecule has 2 aromatic rings. The van der Waals surface area contributed by atoms with Crippen LogP contribution >= 0.6 is 0 Å². The van der Waals surface area contributed by atoms with Gasteiger partial charge in [0.05, 0.1) is 18.1 Å². The van der Waals surface area contributed by atoms with Crippen LogP contribution in [0.4, 0.5) is 5.82 Å². The van der Waals surface area contributed by atoms with E-state index in [1.165, 1.54) is 5.56 Å². The lowest BCUT2D eigenvalue weighted by Gasteiger charge is -2.27. The Kier molecular flexibility index (Phi) is 5.07. The maximum absolute atomic E-state index is 4.54. The zero-order valence-electron chi connectivity index (χ0n) is 12.4. The van der Waals surface area contributed by atoms with Gasteiger partial charge < -0.3 is 10.2 Å². The minimum atomic E-state index is 0.375. The number of hydrogen-bond acceptors (Lipinski definition) is 4. The summed E-state index contributed by atoms with van der Waals surface area (Å²) in [7, 11) is 1.91.